The average molecular weight is 226 g/mol. The van der Waals surface area contributed by atoms with E-state index in [1.165, 1.54) is 0 Å². The molecule has 16 heavy (non-hydrogen) atoms. The van der Waals surface area contributed by atoms with Gasteiger partial charge >= 0.3 is 0 Å². The molecule has 2 N–H and O–H groups in total. The zero-order valence-electron chi connectivity index (χ0n) is 9.91. The molecule has 5 nitrogen and oxygen atoms in total. The Morgan fingerprint density at radius 2 is 2.25 bits per heavy atom. The number of nitrogens with zero attached hydrogens (tertiary/aromatic N) is 1. The van der Waals surface area contributed by atoms with E-state index in [2.05, 4.69) is 10.3 Å². The van der Waals surface area contributed by atoms with Gasteiger partial charge in [-0.1, -0.05) is 0 Å². The van der Waals surface area contributed by atoms with Crippen molar-refractivity contribution < 1.29 is 14.3 Å². The predicted molar refractivity (Wildman–Crippen MR) is 58.7 cm³/mol. The van der Waals surface area contributed by atoms with Crippen molar-refractivity contribution in [3.05, 3.63) is 17.3 Å². The molecule has 0 fully saturated rings. The standard InChI is InChI=1S/C11H18N2O3/c1-7(14)4-5-10(15)12-6-11-13-8(2)9(3)16-11/h7,14H,4-6H2,1-3H3,(H,12,15). The second-order valence-corrected chi connectivity index (χ2v) is 3.91. The van der Waals surface area contributed by atoms with Crippen LogP contribution in [0.2, 0.25) is 0 Å². The summed E-state index contributed by atoms with van der Waals surface area (Å²) in [6, 6.07) is 0. The predicted octanol–water partition coefficient (Wildman–Crippen LogP) is 1.07. The van der Waals surface area contributed by atoms with Crippen LogP contribution in [0.5, 0.6) is 0 Å². The molecule has 1 atom stereocenters. The van der Waals surface area contributed by atoms with Gasteiger partial charge in [0.1, 0.15) is 5.76 Å². The Morgan fingerprint density at radius 1 is 1.56 bits per heavy atom. The van der Waals surface area contributed by atoms with Gasteiger partial charge in [-0.3, -0.25) is 4.79 Å². The maximum absolute atomic E-state index is 11.3. The van der Waals surface area contributed by atoms with E-state index in [1.54, 1.807) is 6.92 Å². The van der Waals surface area contributed by atoms with E-state index in [0.717, 1.165) is 11.5 Å². The van der Waals surface area contributed by atoms with Gasteiger partial charge in [0, 0.05) is 6.42 Å². The lowest BCUT2D eigenvalue weighted by Crippen LogP contribution is -2.23. The maximum Gasteiger partial charge on any atom is 0.220 e. The Morgan fingerprint density at radius 3 is 2.75 bits per heavy atom. The van der Waals surface area contributed by atoms with Crippen molar-refractivity contribution >= 4 is 5.91 Å². The van der Waals surface area contributed by atoms with Gasteiger partial charge in [0.2, 0.25) is 11.8 Å². The van der Waals surface area contributed by atoms with Gasteiger partial charge in [0.15, 0.2) is 0 Å². The van der Waals surface area contributed by atoms with Gasteiger partial charge in [0.25, 0.3) is 0 Å². The van der Waals surface area contributed by atoms with Crippen LogP contribution in [0.1, 0.15) is 37.1 Å². The highest BCUT2D eigenvalue weighted by molar-refractivity contribution is 5.75. The molecule has 1 aromatic rings. The largest absolute Gasteiger partial charge is 0.444 e. The number of aliphatic hydroxyl groups excluding tert-OH is 1. The van der Waals surface area contributed by atoms with E-state index in [9.17, 15) is 4.79 Å². The van der Waals surface area contributed by atoms with Gasteiger partial charge in [0.05, 0.1) is 18.3 Å². The summed E-state index contributed by atoms with van der Waals surface area (Å²) in [6.45, 7) is 5.65. The zero-order chi connectivity index (χ0) is 12.1. The first-order valence-electron chi connectivity index (χ1n) is 5.36. The van der Waals surface area contributed by atoms with Crippen LogP contribution in [0, 0.1) is 13.8 Å². The highest BCUT2D eigenvalue weighted by Crippen LogP contribution is 2.07. The third-order valence-corrected chi connectivity index (χ3v) is 2.30. The monoisotopic (exact) mass is 226 g/mol. The fraction of sp³-hybridized carbons (Fsp3) is 0.636. The summed E-state index contributed by atoms with van der Waals surface area (Å²) in [7, 11) is 0. The number of nitrogens with one attached hydrogen (secondary N) is 1. The van der Waals surface area contributed by atoms with Crippen LogP contribution in [-0.2, 0) is 11.3 Å². The molecule has 1 rings (SSSR count). The van der Waals surface area contributed by atoms with E-state index < -0.39 is 6.10 Å². The fourth-order valence-corrected chi connectivity index (χ4v) is 1.22. The number of carbonyl (C=O) groups excluding carboxylic acids is 1. The van der Waals surface area contributed by atoms with E-state index in [1.807, 2.05) is 13.8 Å². The minimum Gasteiger partial charge on any atom is -0.444 e. The van der Waals surface area contributed by atoms with Crippen LogP contribution in [0.4, 0.5) is 0 Å². The molecule has 5 heteroatoms. The summed E-state index contributed by atoms with van der Waals surface area (Å²) >= 11 is 0. The Kier molecular flexibility index (Phi) is 4.49. The van der Waals surface area contributed by atoms with Crippen LogP contribution in [0.25, 0.3) is 0 Å². The molecule has 0 saturated heterocycles. The first kappa shape index (κ1) is 12.7. The van der Waals surface area contributed by atoms with Crippen LogP contribution in [-0.4, -0.2) is 22.1 Å². The Balaban J connectivity index is 2.31. The van der Waals surface area contributed by atoms with Crippen LogP contribution in [0.3, 0.4) is 0 Å². The molecule has 0 spiro atoms. The van der Waals surface area contributed by atoms with E-state index in [4.69, 9.17) is 9.52 Å². The summed E-state index contributed by atoms with van der Waals surface area (Å²) in [5, 5.41) is 11.7. The van der Waals surface area contributed by atoms with Crippen molar-refractivity contribution in [2.24, 2.45) is 0 Å². The molecule has 0 aliphatic carbocycles. The molecule has 90 valence electrons. The molecule has 0 saturated carbocycles. The van der Waals surface area contributed by atoms with Gasteiger partial charge < -0.3 is 14.8 Å². The number of hydrogen-bond donors (Lipinski definition) is 2. The quantitative estimate of drug-likeness (QED) is 0.787. The molecule has 1 amide bonds. The summed E-state index contributed by atoms with van der Waals surface area (Å²) in [5.41, 5.74) is 0.841. The van der Waals surface area contributed by atoms with Crippen molar-refractivity contribution in [1.29, 1.82) is 0 Å². The Labute approximate surface area is 94.9 Å². The van der Waals surface area contributed by atoms with E-state index in [-0.39, 0.29) is 5.91 Å². The minimum atomic E-state index is -0.447. The number of carbonyl (C=O) groups is 1. The molecule has 0 aliphatic rings. The third-order valence-electron chi connectivity index (χ3n) is 2.30. The molecular formula is C11H18N2O3. The number of aliphatic hydroxyl groups is 1. The number of aromatic nitrogens is 1. The fourth-order valence-electron chi connectivity index (χ4n) is 1.22. The third kappa shape index (κ3) is 4.02. The highest BCUT2D eigenvalue weighted by Gasteiger charge is 2.08. The molecule has 0 radical (unpaired) electrons. The summed E-state index contributed by atoms with van der Waals surface area (Å²) in [5.74, 6) is 1.18. The number of rotatable bonds is 5. The molecule has 0 aliphatic heterocycles. The molecule has 0 bridgehead atoms. The Bertz CT molecular complexity index is 339. The second-order valence-electron chi connectivity index (χ2n) is 3.91. The lowest BCUT2D eigenvalue weighted by Gasteiger charge is -2.04. The summed E-state index contributed by atoms with van der Waals surface area (Å²) in [4.78, 5) is 15.5. The SMILES string of the molecule is Cc1nc(CNC(=O)CCC(C)O)oc1C. The van der Waals surface area contributed by atoms with E-state index >= 15 is 0 Å². The van der Waals surface area contributed by atoms with Gasteiger partial charge in [-0.05, 0) is 27.2 Å². The lowest BCUT2D eigenvalue weighted by atomic mass is 10.2. The normalized spacial score (nSPS) is 12.5. The van der Waals surface area contributed by atoms with Crippen LogP contribution < -0.4 is 5.32 Å². The van der Waals surface area contributed by atoms with Crippen LogP contribution in [0.15, 0.2) is 4.42 Å². The Hall–Kier alpha value is -1.36. The zero-order valence-corrected chi connectivity index (χ0v) is 9.91. The maximum atomic E-state index is 11.3. The van der Waals surface area contributed by atoms with Crippen molar-refractivity contribution in [2.45, 2.75) is 46.3 Å². The molecule has 1 heterocycles. The first-order valence-corrected chi connectivity index (χ1v) is 5.36. The van der Waals surface area contributed by atoms with Crippen molar-refractivity contribution in [3.8, 4) is 0 Å². The molecule has 1 unspecified atom stereocenters. The molecule has 0 aromatic carbocycles. The number of hydrogen-bond acceptors (Lipinski definition) is 4. The smallest absolute Gasteiger partial charge is 0.220 e. The van der Waals surface area contributed by atoms with Crippen molar-refractivity contribution in [1.82, 2.24) is 10.3 Å². The number of oxazole rings is 1. The lowest BCUT2D eigenvalue weighted by molar-refractivity contribution is -0.121. The first-order chi connectivity index (χ1) is 7.49. The van der Waals surface area contributed by atoms with Gasteiger partial charge in [-0.2, -0.15) is 0 Å². The summed E-state index contributed by atoms with van der Waals surface area (Å²) in [6.07, 6.45) is 0.336. The van der Waals surface area contributed by atoms with Gasteiger partial charge in [-0.25, -0.2) is 4.98 Å². The minimum absolute atomic E-state index is 0.102. The highest BCUT2D eigenvalue weighted by atomic mass is 16.4. The average Bonchev–Trinajstić information content (AvgIpc) is 2.52. The number of aryl methyl sites for hydroxylation is 2. The number of amides is 1. The second kappa shape index (κ2) is 5.65. The summed E-state index contributed by atoms with van der Waals surface area (Å²) < 4.78 is 5.32. The van der Waals surface area contributed by atoms with Crippen molar-refractivity contribution in [3.63, 3.8) is 0 Å². The topological polar surface area (TPSA) is 75.4 Å². The molecule has 1 aromatic heterocycles. The van der Waals surface area contributed by atoms with Crippen LogP contribution >= 0.6 is 0 Å². The van der Waals surface area contributed by atoms with Gasteiger partial charge in [-0.15, -0.1) is 0 Å². The molecular weight excluding hydrogens is 208 g/mol. The van der Waals surface area contributed by atoms with Crippen molar-refractivity contribution in [2.75, 3.05) is 0 Å². The van der Waals surface area contributed by atoms with E-state index in [0.29, 0.717) is 25.3 Å².